The molecule has 0 spiro atoms. The molecule has 7 heteroatoms. The van der Waals surface area contributed by atoms with Crippen molar-refractivity contribution < 1.29 is 14.2 Å². The molecule has 1 unspecified atom stereocenters. The van der Waals surface area contributed by atoms with Gasteiger partial charge in [0.1, 0.15) is 5.75 Å². The number of hydrogen-bond donors (Lipinski definition) is 2. The summed E-state index contributed by atoms with van der Waals surface area (Å²) in [4.78, 5) is 13.0. The Morgan fingerprint density at radius 3 is 2.65 bits per heavy atom. The average molecular weight is 354 g/mol. The Labute approximate surface area is 151 Å². The number of carbonyl (C=O) groups excluding carboxylic acids is 1. The monoisotopic (exact) mass is 354 g/mol. The van der Waals surface area contributed by atoms with Crippen molar-refractivity contribution in [2.75, 3.05) is 17.2 Å². The summed E-state index contributed by atoms with van der Waals surface area (Å²) in [5.74, 6) is 1.95. The van der Waals surface area contributed by atoms with Gasteiger partial charge in [0.15, 0.2) is 5.78 Å². The molecule has 2 aromatic rings. The molecule has 2 aliphatic rings. The Bertz CT molecular complexity index is 867. The van der Waals surface area contributed by atoms with Gasteiger partial charge in [-0.25, -0.2) is 4.63 Å². The highest BCUT2D eigenvalue weighted by atomic mass is 16.6. The quantitative estimate of drug-likeness (QED) is 0.869. The molecular formula is C19H22N4O3. The Morgan fingerprint density at radius 1 is 1.19 bits per heavy atom. The van der Waals surface area contributed by atoms with Crippen molar-refractivity contribution in [2.45, 2.75) is 39.7 Å². The number of ether oxygens (including phenoxy) is 1. The summed E-state index contributed by atoms with van der Waals surface area (Å²) in [5, 5.41) is 14.4. The second-order valence-electron chi connectivity index (χ2n) is 7.50. The van der Waals surface area contributed by atoms with Crippen LogP contribution in [0.3, 0.4) is 0 Å². The van der Waals surface area contributed by atoms with E-state index in [2.05, 4.69) is 34.8 Å². The maximum atomic E-state index is 13.0. The Hall–Kier alpha value is -2.83. The van der Waals surface area contributed by atoms with E-state index in [0.717, 1.165) is 29.0 Å². The molecule has 0 fully saturated rings. The lowest BCUT2D eigenvalue weighted by Crippen LogP contribution is -2.31. The van der Waals surface area contributed by atoms with Crippen molar-refractivity contribution in [1.82, 2.24) is 10.3 Å². The molecule has 4 rings (SSSR count). The number of ketones is 1. The number of benzene rings is 1. The molecular weight excluding hydrogens is 332 g/mol. The van der Waals surface area contributed by atoms with Crippen LogP contribution < -0.4 is 15.4 Å². The van der Waals surface area contributed by atoms with E-state index in [1.807, 2.05) is 31.2 Å². The number of hydrogen-bond acceptors (Lipinski definition) is 7. The highest BCUT2D eigenvalue weighted by Gasteiger charge is 2.39. The first-order valence-electron chi connectivity index (χ1n) is 8.82. The van der Waals surface area contributed by atoms with E-state index in [4.69, 9.17) is 9.37 Å². The molecule has 1 aromatic heterocycles. The SMILES string of the molecule is CCOc1ccc(C2Nc3nonc3NC3=C2C(=O)CC(C)(C)C3)cc1. The van der Waals surface area contributed by atoms with Crippen molar-refractivity contribution >= 4 is 17.4 Å². The van der Waals surface area contributed by atoms with E-state index in [-0.39, 0.29) is 17.2 Å². The molecule has 2 heterocycles. The van der Waals surface area contributed by atoms with Gasteiger partial charge in [0, 0.05) is 17.7 Å². The molecule has 0 saturated carbocycles. The summed E-state index contributed by atoms with van der Waals surface area (Å²) in [6.45, 7) is 6.76. The molecule has 1 aromatic carbocycles. The van der Waals surface area contributed by atoms with Crippen LogP contribution in [0, 0.1) is 5.41 Å². The van der Waals surface area contributed by atoms with Crippen LogP contribution >= 0.6 is 0 Å². The normalized spacial score (nSPS) is 21.2. The zero-order valence-electron chi connectivity index (χ0n) is 15.1. The Morgan fingerprint density at radius 2 is 1.92 bits per heavy atom. The maximum Gasteiger partial charge on any atom is 0.219 e. The largest absolute Gasteiger partial charge is 0.494 e. The third-order valence-electron chi connectivity index (χ3n) is 4.77. The maximum absolute atomic E-state index is 13.0. The number of carbonyl (C=O) groups is 1. The zero-order valence-corrected chi connectivity index (χ0v) is 15.1. The van der Waals surface area contributed by atoms with Crippen LogP contribution in [0.4, 0.5) is 11.6 Å². The predicted octanol–water partition coefficient (Wildman–Crippen LogP) is 3.69. The second kappa shape index (κ2) is 6.16. The fraction of sp³-hybridized carbons (Fsp3) is 0.421. The van der Waals surface area contributed by atoms with E-state index in [9.17, 15) is 4.79 Å². The van der Waals surface area contributed by atoms with Gasteiger partial charge < -0.3 is 15.4 Å². The highest BCUT2D eigenvalue weighted by Crippen LogP contribution is 2.44. The molecule has 1 atom stereocenters. The summed E-state index contributed by atoms with van der Waals surface area (Å²) in [6, 6.07) is 7.46. The van der Waals surface area contributed by atoms with Gasteiger partial charge in [0.2, 0.25) is 11.6 Å². The minimum Gasteiger partial charge on any atom is -0.494 e. The lowest BCUT2D eigenvalue weighted by atomic mass is 9.73. The van der Waals surface area contributed by atoms with Gasteiger partial charge in [0.25, 0.3) is 0 Å². The predicted molar refractivity (Wildman–Crippen MR) is 96.9 cm³/mol. The van der Waals surface area contributed by atoms with E-state index in [0.29, 0.717) is 24.7 Å². The number of nitrogens with zero attached hydrogens (tertiary/aromatic N) is 2. The van der Waals surface area contributed by atoms with Gasteiger partial charge in [-0.1, -0.05) is 26.0 Å². The molecule has 0 radical (unpaired) electrons. The first kappa shape index (κ1) is 16.6. The molecule has 7 nitrogen and oxygen atoms in total. The van der Waals surface area contributed by atoms with Crippen LogP contribution in [-0.2, 0) is 4.79 Å². The number of nitrogens with one attached hydrogen (secondary N) is 2. The third-order valence-corrected chi connectivity index (χ3v) is 4.77. The topological polar surface area (TPSA) is 89.3 Å². The fourth-order valence-corrected chi connectivity index (χ4v) is 3.67. The lowest BCUT2D eigenvalue weighted by Gasteiger charge is -2.34. The van der Waals surface area contributed by atoms with Gasteiger partial charge in [-0.2, -0.15) is 0 Å². The van der Waals surface area contributed by atoms with Gasteiger partial charge in [-0.05, 0) is 46.8 Å². The standard InChI is InChI=1S/C19H22N4O3/c1-4-25-12-7-5-11(6-8-12)16-15-13(9-19(2,3)10-14(15)24)20-17-18(21-16)23-26-22-17/h5-8,16H,4,9-10H2,1-3H3,(H,20,22)(H,21,23). The minimum atomic E-state index is -0.315. The molecule has 0 bridgehead atoms. The summed E-state index contributed by atoms with van der Waals surface area (Å²) in [6.07, 6.45) is 1.27. The average Bonchev–Trinajstić information content (AvgIpc) is 2.94. The summed E-state index contributed by atoms with van der Waals surface area (Å²) >= 11 is 0. The van der Waals surface area contributed by atoms with Gasteiger partial charge in [0.05, 0.1) is 12.6 Å². The number of Topliss-reactive ketones (excluding diaryl/α,β-unsaturated/α-hetero) is 1. The number of aromatic nitrogens is 2. The van der Waals surface area contributed by atoms with Crippen molar-refractivity contribution in [2.24, 2.45) is 5.41 Å². The van der Waals surface area contributed by atoms with E-state index >= 15 is 0 Å². The fourth-order valence-electron chi connectivity index (χ4n) is 3.67. The Kier molecular flexibility index (Phi) is 3.94. The van der Waals surface area contributed by atoms with Gasteiger partial charge >= 0.3 is 0 Å². The first-order chi connectivity index (χ1) is 12.5. The number of fused-ring (bicyclic) bond motifs is 1. The summed E-state index contributed by atoms with van der Waals surface area (Å²) in [5.41, 5.74) is 2.49. The van der Waals surface area contributed by atoms with Crippen LogP contribution in [0.25, 0.3) is 0 Å². The molecule has 0 saturated heterocycles. The lowest BCUT2D eigenvalue weighted by molar-refractivity contribution is -0.118. The van der Waals surface area contributed by atoms with E-state index < -0.39 is 0 Å². The number of anilines is 2. The highest BCUT2D eigenvalue weighted by molar-refractivity contribution is 6.00. The van der Waals surface area contributed by atoms with Gasteiger partial charge in [-0.3, -0.25) is 4.79 Å². The second-order valence-corrected chi connectivity index (χ2v) is 7.50. The number of rotatable bonds is 3. The minimum absolute atomic E-state index is 0.103. The van der Waals surface area contributed by atoms with E-state index in [1.54, 1.807) is 0 Å². The summed E-state index contributed by atoms with van der Waals surface area (Å²) < 4.78 is 10.4. The van der Waals surface area contributed by atoms with Crippen molar-refractivity contribution in [3.63, 3.8) is 0 Å². The van der Waals surface area contributed by atoms with Crippen LogP contribution in [0.15, 0.2) is 40.2 Å². The third kappa shape index (κ3) is 2.94. The molecule has 2 N–H and O–H groups in total. The van der Waals surface area contributed by atoms with Gasteiger partial charge in [-0.15, -0.1) is 0 Å². The number of allylic oxidation sites excluding steroid dienone is 1. The zero-order chi connectivity index (χ0) is 18.3. The van der Waals surface area contributed by atoms with Crippen molar-refractivity contribution in [3.05, 3.63) is 41.1 Å². The van der Waals surface area contributed by atoms with Crippen molar-refractivity contribution in [3.8, 4) is 5.75 Å². The van der Waals surface area contributed by atoms with Crippen LogP contribution in [0.1, 0.15) is 45.2 Å². The molecule has 1 aliphatic carbocycles. The van der Waals surface area contributed by atoms with Crippen LogP contribution in [0.5, 0.6) is 5.75 Å². The van der Waals surface area contributed by atoms with Crippen LogP contribution in [-0.4, -0.2) is 22.7 Å². The smallest absolute Gasteiger partial charge is 0.219 e. The molecule has 26 heavy (non-hydrogen) atoms. The van der Waals surface area contributed by atoms with E-state index in [1.165, 1.54) is 0 Å². The van der Waals surface area contributed by atoms with Crippen molar-refractivity contribution in [1.29, 1.82) is 0 Å². The Balaban J connectivity index is 1.79. The molecule has 1 aliphatic heterocycles. The molecule has 136 valence electrons. The first-order valence-corrected chi connectivity index (χ1v) is 8.82. The van der Waals surface area contributed by atoms with Crippen LogP contribution in [0.2, 0.25) is 0 Å². The summed E-state index contributed by atoms with van der Waals surface area (Å²) in [7, 11) is 0. The molecule has 0 amide bonds.